The normalized spacial score (nSPS) is 14.1. The first-order chi connectivity index (χ1) is 11.7. The van der Waals surface area contributed by atoms with Crippen LogP contribution in [-0.2, 0) is 20.4 Å². The first kappa shape index (κ1) is 19.7. The first-order valence-electron chi connectivity index (χ1n) is 7.67. The van der Waals surface area contributed by atoms with Gasteiger partial charge < -0.3 is 9.47 Å². The number of aryl methyl sites for hydroxylation is 1. The van der Waals surface area contributed by atoms with Crippen LogP contribution in [0, 0.1) is 6.92 Å². The molecular formula is C18H22ClNO4S. The number of nitrogens with one attached hydrogen (secondary N) is 1. The molecule has 0 saturated heterocycles. The Hall–Kier alpha value is -1.60. The summed E-state index contributed by atoms with van der Waals surface area (Å²) in [5.41, 5.74) is 0.545. The quantitative estimate of drug-likeness (QED) is 0.794. The average Bonchev–Trinajstić information content (AvgIpc) is 2.59. The molecule has 2 aromatic rings. The van der Waals surface area contributed by atoms with E-state index in [-0.39, 0.29) is 11.4 Å². The molecule has 0 radical (unpaired) electrons. The number of ether oxygens (including phenoxy) is 2. The maximum atomic E-state index is 12.7. The van der Waals surface area contributed by atoms with Crippen LogP contribution in [0.25, 0.3) is 0 Å². The maximum Gasteiger partial charge on any atom is 0.240 e. The van der Waals surface area contributed by atoms with Crippen LogP contribution in [-0.4, -0.2) is 29.2 Å². The molecule has 2 rings (SSSR count). The molecule has 0 aliphatic carbocycles. The van der Waals surface area contributed by atoms with E-state index in [2.05, 4.69) is 4.72 Å². The van der Waals surface area contributed by atoms with E-state index >= 15 is 0 Å². The Morgan fingerprint density at radius 3 is 2.44 bits per heavy atom. The molecule has 0 fully saturated rings. The summed E-state index contributed by atoms with van der Waals surface area (Å²) in [6.45, 7) is 3.60. The minimum Gasteiger partial charge on any atom is -0.497 e. The monoisotopic (exact) mass is 383 g/mol. The summed E-state index contributed by atoms with van der Waals surface area (Å²) in [4.78, 5) is 0.206. The van der Waals surface area contributed by atoms with Crippen molar-refractivity contribution < 1.29 is 17.9 Å². The molecule has 0 bridgehead atoms. The van der Waals surface area contributed by atoms with E-state index in [0.29, 0.717) is 16.3 Å². The number of rotatable bonds is 7. The number of methoxy groups -OCH3 is 2. The summed E-state index contributed by atoms with van der Waals surface area (Å²) in [6, 6.07) is 12.0. The molecule has 0 amide bonds. The Morgan fingerprint density at radius 1 is 1.16 bits per heavy atom. The third kappa shape index (κ3) is 4.52. The zero-order valence-corrected chi connectivity index (χ0v) is 16.2. The zero-order chi connectivity index (χ0) is 18.7. The third-order valence-electron chi connectivity index (χ3n) is 4.16. The third-order valence-corrected chi connectivity index (χ3v) is 5.95. The van der Waals surface area contributed by atoms with E-state index in [9.17, 15) is 8.42 Å². The van der Waals surface area contributed by atoms with Crippen LogP contribution in [0.2, 0.25) is 5.02 Å². The van der Waals surface area contributed by atoms with Crippen molar-refractivity contribution in [3.63, 3.8) is 0 Å². The van der Waals surface area contributed by atoms with E-state index in [1.807, 2.05) is 13.0 Å². The molecule has 1 atom stereocenters. The fraction of sp³-hybridized carbons (Fsp3) is 0.333. The molecule has 0 aromatic heterocycles. The minimum atomic E-state index is -3.70. The van der Waals surface area contributed by atoms with E-state index in [1.54, 1.807) is 37.3 Å². The van der Waals surface area contributed by atoms with Crippen LogP contribution in [0.15, 0.2) is 47.4 Å². The molecule has 0 heterocycles. The number of hydrogen-bond acceptors (Lipinski definition) is 4. The van der Waals surface area contributed by atoms with Crippen LogP contribution in [0.5, 0.6) is 5.75 Å². The second kappa shape index (κ2) is 7.74. The summed E-state index contributed by atoms with van der Waals surface area (Å²) >= 11 is 6.04. The fourth-order valence-electron chi connectivity index (χ4n) is 2.47. The Labute approximate surface area is 154 Å². The lowest BCUT2D eigenvalue weighted by molar-refractivity contribution is 0.00698. The van der Waals surface area contributed by atoms with E-state index < -0.39 is 15.6 Å². The molecule has 2 aromatic carbocycles. The lowest BCUT2D eigenvalue weighted by atomic mass is 9.96. The van der Waals surface area contributed by atoms with Gasteiger partial charge in [0.15, 0.2) is 0 Å². The van der Waals surface area contributed by atoms with Gasteiger partial charge in [-0.15, -0.1) is 0 Å². The average molecular weight is 384 g/mol. The van der Waals surface area contributed by atoms with Crippen molar-refractivity contribution >= 4 is 21.6 Å². The van der Waals surface area contributed by atoms with Crippen LogP contribution in [0.4, 0.5) is 0 Å². The van der Waals surface area contributed by atoms with Gasteiger partial charge >= 0.3 is 0 Å². The van der Waals surface area contributed by atoms with Gasteiger partial charge in [0.1, 0.15) is 11.4 Å². The Bertz CT molecular complexity index is 854. The lowest BCUT2D eigenvalue weighted by Gasteiger charge is -2.29. The minimum absolute atomic E-state index is 0.0671. The summed E-state index contributed by atoms with van der Waals surface area (Å²) in [5.74, 6) is 0.608. The van der Waals surface area contributed by atoms with Crippen molar-refractivity contribution in [1.29, 1.82) is 0 Å². The van der Waals surface area contributed by atoms with Gasteiger partial charge in [0.25, 0.3) is 0 Å². The molecule has 7 heteroatoms. The molecule has 1 N–H and O–H groups in total. The summed E-state index contributed by atoms with van der Waals surface area (Å²) in [5, 5.41) is 0.564. The standard InChI is InChI=1S/C18H22ClNO4S/c1-13-10-16(23-3)8-9-17(13)25(21,22)20-12-18(2,24-4)14-6-5-7-15(19)11-14/h5-11,20H,12H2,1-4H3. The molecule has 0 spiro atoms. The Morgan fingerprint density at radius 2 is 1.88 bits per heavy atom. The topological polar surface area (TPSA) is 64.6 Å². The largest absolute Gasteiger partial charge is 0.497 e. The van der Waals surface area contributed by atoms with Gasteiger partial charge in [-0.05, 0) is 55.3 Å². The van der Waals surface area contributed by atoms with E-state index in [1.165, 1.54) is 20.3 Å². The van der Waals surface area contributed by atoms with Crippen LogP contribution < -0.4 is 9.46 Å². The second-order valence-corrected chi connectivity index (χ2v) is 8.07. The molecule has 0 aliphatic heterocycles. The van der Waals surface area contributed by atoms with Crippen molar-refractivity contribution in [2.75, 3.05) is 20.8 Å². The van der Waals surface area contributed by atoms with Crippen LogP contribution in [0.3, 0.4) is 0 Å². The number of sulfonamides is 1. The fourth-order valence-corrected chi connectivity index (χ4v) is 4.01. The van der Waals surface area contributed by atoms with Crippen LogP contribution in [0.1, 0.15) is 18.1 Å². The molecule has 1 unspecified atom stereocenters. The maximum absolute atomic E-state index is 12.7. The molecule has 5 nitrogen and oxygen atoms in total. The van der Waals surface area contributed by atoms with Crippen molar-refractivity contribution in [3.8, 4) is 5.75 Å². The van der Waals surface area contributed by atoms with Crippen molar-refractivity contribution in [3.05, 3.63) is 58.6 Å². The lowest BCUT2D eigenvalue weighted by Crippen LogP contribution is -2.40. The zero-order valence-electron chi connectivity index (χ0n) is 14.7. The second-order valence-electron chi connectivity index (χ2n) is 5.90. The number of benzene rings is 2. The SMILES string of the molecule is COc1ccc(S(=O)(=O)NCC(C)(OC)c2cccc(Cl)c2)c(C)c1. The molecule has 136 valence electrons. The van der Waals surface area contributed by atoms with Gasteiger partial charge in [-0.2, -0.15) is 0 Å². The van der Waals surface area contributed by atoms with Gasteiger partial charge in [-0.25, -0.2) is 13.1 Å². The molecule has 0 aliphatic rings. The highest BCUT2D eigenvalue weighted by molar-refractivity contribution is 7.89. The Balaban J connectivity index is 2.25. The van der Waals surface area contributed by atoms with Crippen LogP contribution >= 0.6 is 11.6 Å². The van der Waals surface area contributed by atoms with Gasteiger partial charge in [-0.3, -0.25) is 0 Å². The number of halogens is 1. The number of hydrogen-bond donors (Lipinski definition) is 1. The molecule has 25 heavy (non-hydrogen) atoms. The van der Waals surface area contributed by atoms with E-state index in [0.717, 1.165) is 5.56 Å². The van der Waals surface area contributed by atoms with Crippen molar-refractivity contribution in [2.45, 2.75) is 24.3 Å². The van der Waals surface area contributed by atoms with Gasteiger partial charge in [0, 0.05) is 18.7 Å². The van der Waals surface area contributed by atoms with Gasteiger partial charge in [0.2, 0.25) is 10.0 Å². The molecule has 0 saturated carbocycles. The first-order valence-corrected chi connectivity index (χ1v) is 9.53. The smallest absolute Gasteiger partial charge is 0.240 e. The Kier molecular flexibility index (Phi) is 6.11. The summed E-state index contributed by atoms with van der Waals surface area (Å²) in [6.07, 6.45) is 0. The highest BCUT2D eigenvalue weighted by Crippen LogP contribution is 2.27. The van der Waals surface area contributed by atoms with Gasteiger partial charge in [0.05, 0.1) is 12.0 Å². The summed E-state index contributed by atoms with van der Waals surface area (Å²) < 4.78 is 38.7. The highest BCUT2D eigenvalue weighted by atomic mass is 35.5. The summed E-state index contributed by atoms with van der Waals surface area (Å²) in [7, 11) is -0.622. The van der Waals surface area contributed by atoms with Crippen molar-refractivity contribution in [2.24, 2.45) is 0 Å². The highest BCUT2D eigenvalue weighted by Gasteiger charge is 2.29. The van der Waals surface area contributed by atoms with Crippen molar-refractivity contribution in [1.82, 2.24) is 4.72 Å². The molecular weight excluding hydrogens is 362 g/mol. The van der Waals surface area contributed by atoms with Gasteiger partial charge in [-0.1, -0.05) is 23.7 Å². The predicted octanol–water partition coefficient (Wildman–Crippen LogP) is 3.50. The predicted molar refractivity (Wildman–Crippen MR) is 98.7 cm³/mol. The van der Waals surface area contributed by atoms with E-state index in [4.69, 9.17) is 21.1 Å².